The first kappa shape index (κ1) is 45.7. The third-order valence-corrected chi connectivity index (χ3v) is 10.3. The van der Waals surface area contributed by atoms with E-state index in [4.69, 9.17) is 10.5 Å². The lowest BCUT2D eigenvalue weighted by Crippen LogP contribution is -2.58. The van der Waals surface area contributed by atoms with Gasteiger partial charge in [0.1, 0.15) is 18.1 Å². The predicted molar refractivity (Wildman–Crippen MR) is 218 cm³/mol. The van der Waals surface area contributed by atoms with E-state index in [0.717, 1.165) is 24.8 Å². The Morgan fingerprint density at radius 3 is 2.19 bits per heavy atom. The van der Waals surface area contributed by atoms with Crippen LogP contribution in [0.1, 0.15) is 89.3 Å². The topological polar surface area (TPSA) is 247 Å². The molecule has 8 N–H and O–H groups in total. The zero-order valence-corrected chi connectivity index (χ0v) is 34.2. The number of Topliss-reactive ketones (excluding diaryl/α,β-unsaturated/α-hetero) is 1. The van der Waals surface area contributed by atoms with Crippen molar-refractivity contribution in [3.05, 3.63) is 65.7 Å². The van der Waals surface area contributed by atoms with Crippen LogP contribution in [0.15, 0.2) is 54.6 Å². The minimum Gasteiger partial charge on any atom is -0.449 e. The Balaban J connectivity index is 1.50. The quantitative estimate of drug-likeness (QED) is 0.109. The molecule has 8 amide bonds. The number of carbonyl (C=O) groups is 8. The lowest BCUT2D eigenvalue weighted by Gasteiger charge is -2.34. The lowest BCUT2D eigenvalue weighted by molar-refractivity contribution is -0.143. The van der Waals surface area contributed by atoms with Gasteiger partial charge in [-0.25, -0.2) is 9.59 Å². The summed E-state index contributed by atoms with van der Waals surface area (Å²) in [6.45, 7) is 6.84. The predicted octanol–water partition coefficient (Wildman–Crippen LogP) is 2.73. The minimum atomic E-state index is -1.33. The standard InChI is InChI=1S/C42H58N8O9/c1-5-12-31(36(52)39(55)44-22-33(51)48-34(37(43)53)27-13-8-6-9-14-27)47-38(54)32-21-30(46-41(57)45-29-19-17-26(4)18-20-29)23-50(32)40(56)35(28-15-10-7-11-16-28)49-42(58)59-24-25(2)3/h6,8-9,13-14,17-20,25,28,30-32,34-35H,5,7,10-12,15-16,21-24H2,1-4H3,(H2,43,53)(H,44,55)(H,47,54)(H,48,51)(H,49,58)(H2,45,46,57)/t30-,31?,32+,34+,35+/m1/s1. The van der Waals surface area contributed by atoms with Gasteiger partial charge in [0.25, 0.3) is 5.91 Å². The lowest BCUT2D eigenvalue weighted by atomic mass is 9.83. The molecule has 1 heterocycles. The number of benzene rings is 2. The van der Waals surface area contributed by atoms with E-state index in [0.29, 0.717) is 30.5 Å². The first-order valence-corrected chi connectivity index (χ1v) is 20.3. The summed E-state index contributed by atoms with van der Waals surface area (Å²) in [6, 6.07) is 9.42. The number of anilines is 1. The molecule has 2 aromatic rings. The molecule has 5 atom stereocenters. The Hall–Kier alpha value is -6.00. The molecule has 0 spiro atoms. The molecule has 1 aliphatic heterocycles. The molecule has 1 saturated heterocycles. The van der Waals surface area contributed by atoms with Gasteiger partial charge in [-0.1, -0.05) is 94.5 Å². The Bertz CT molecular complexity index is 1800. The number of ether oxygens (including phenoxy) is 1. The molecule has 2 aliphatic rings. The van der Waals surface area contributed by atoms with Crippen LogP contribution in [0.2, 0.25) is 0 Å². The molecular weight excluding hydrogens is 761 g/mol. The fourth-order valence-electron chi connectivity index (χ4n) is 7.27. The van der Waals surface area contributed by atoms with E-state index in [2.05, 4.69) is 31.9 Å². The molecule has 2 aromatic carbocycles. The number of aryl methyl sites for hydroxylation is 1. The SMILES string of the molecule is CCCC(NC(=O)[C@@H]1C[C@@H](NC(=O)Nc2ccc(C)cc2)CN1C(=O)[C@@H](NC(=O)OCC(C)C)C1CCCCC1)C(=O)C(=O)NCC(=O)N[C@H](C(N)=O)c1ccccc1. The summed E-state index contributed by atoms with van der Waals surface area (Å²) in [7, 11) is 0. The fourth-order valence-corrected chi connectivity index (χ4v) is 7.27. The van der Waals surface area contributed by atoms with Crippen molar-refractivity contribution in [1.29, 1.82) is 0 Å². The highest BCUT2D eigenvalue weighted by molar-refractivity contribution is 6.38. The number of likely N-dealkylation sites (tertiary alicyclic amines) is 1. The molecule has 1 aliphatic carbocycles. The first-order valence-electron chi connectivity index (χ1n) is 20.3. The molecule has 17 heteroatoms. The largest absolute Gasteiger partial charge is 0.449 e. The number of carbonyl (C=O) groups excluding carboxylic acids is 8. The number of amides is 8. The highest BCUT2D eigenvalue weighted by atomic mass is 16.5. The maximum absolute atomic E-state index is 14.5. The molecular formula is C42H58N8O9. The van der Waals surface area contributed by atoms with Crippen molar-refractivity contribution in [2.45, 2.75) is 109 Å². The van der Waals surface area contributed by atoms with Crippen molar-refractivity contribution in [2.24, 2.45) is 17.6 Å². The summed E-state index contributed by atoms with van der Waals surface area (Å²) in [4.78, 5) is 107. The van der Waals surface area contributed by atoms with E-state index < -0.39 is 84.2 Å². The van der Waals surface area contributed by atoms with Gasteiger partial charge in [0.05, 0.1) is 25.2 Å². The Morgan fingerprint density at radius 1 is 0.881 bits per heavy atom. The van der Waals surface area contributed by atoms with Gasteiger partial charge in [-0.05, 0) is 62.1 Å². The Kier molecular flexibility index (Phi) is 17.2. The number of nitrogens with two attached hydrogens (primary N) is 1. The van der Waals surface area contributed by atoms with Gasteiger partial charge in [0, 0.05) is 12.2 Å². The normalized spacial score (nSPS) is 18.1. The number of nitrogens with zero attached hydrogens (tertiary/aromatic N) is 1. The van der Waals surface area contributed by atoms with Crippen LogP contribution < -0.4 is 37.6 Å². The molecule has 59 heavy (non-hydrogen) atoms. The molecule has 0 radical (unpaired) electrons. The zero-order chi connectivity index (χ0) is 43.1. The monoisotopic (exact) mass is 818 g/mol. The maximum atomic E-state index is 14.5. The molecule has 17 nitrogen and oxygen atoms in total. The summed E-state index contributed by atoms with van der Waals surface area (Å²) in [5.41, 5.74) is 7.45. The van der Waals surface area contributed by atoms with E-state index in [1.807, 2.05) is 32.9 Å². The summed E-state index contributed by atoms with van der Waals surface area (Å²) in [6.07, 6.45) is 3.68. The summed E-state index contributed by atoms with van der Waals surface area (Å²) in [5, 5.41) is 15.7. The number of alkyl carbamates (subject to hydrolysis) is 1. The van der Waals surface area contributed by atoms with Gasteiger partial charge >= 0.3 is 12.1 Å². The molecule has 0 bridgehead atoms. The van der Waals surface area contributed by atoms with Crippen molar-refractivity contribution in [2.75, 3.05) is 25.0 Å². The highest BCUT2D eigenvalue weighted by Gasteiger charge is 2.45. The number of primary amides is 1. The van der Waals surface area contributed by atoms with Crippen molar-refractivity contribution in [3.8, 4) is 0 Å². The second-order valence-corrected chi connectivity index (χ2v) is 15.6. The summed E-state index contributed by atoms with van der Waals surface area (Å²) >= 11 is 0. The number of nitrogens with one attached hydrogen (secondary N) is 6. The Labute approximate surface area is 344 Å². The van der Waals surface area contributed by atoms with E-state index in [9.17, 15) is 38.4 Å². The summed E-state index contributed by atoms with van der Waals surface area (Å²) < 4.78 is 5.38. The third-order valence-electron chi connectivity index (χ3n) is 10.3. The highest BCUT2D eigenvalue weighted by Crippen LogP contribution is 2.30. The van der Waals surface area contributed by atoms with Crippen LogP contribution in [0.25, 0.3) is 0 Å². The second kappa shape index (κ2) is 22.2. The van der Waals surface area contributed by atoms with E-state index in [-0.39, 0.29) is 37.8 Å². The van der Waals surface area contributed by atoms with Crippen LogP contribution in [0, 0.1) is 18.8 Å². The average molecular weight is 819 g/mol. The van der Waals surface area contributed by atoms with E-state index in [1.54, 1.807) is 49.4 Å². The third kappa shape index (κ3) is 13.8. The van der Waals surface area contributed by atoms with Crippen molar-refractivity contribution in [3.63, 3.8) is 0 Å². The number of hydrogen-bond acceptors (Lipinski definition) is 9. The van der Waals surface area contributed by atoms with Gasteiger partial charge in [0.15, 0.2) is 0 Å². The minimum absolute atomic E-state index is 0.0318. The second-order valence-electron chi connectivity index (χ2n) is 15.6. The zero-order valence-electron chi connectivity index (χ0n) is 34.2. The van der Waals surface area contributed by atoms with Crippen molar-refractivity contribution >= 4 is 53.1 Å². The van der Waals surface area contributed by atoms with Gasteiger partial charge in [-0.15, -0.1) is 0 Å². The van der Waals surface area contributed by atoms with Crippen LogP contribution in [0.5, 0.6) is 0 Å². The summed E-state index contributed by atoms with van der Waals surface area (Å²) in [5.74, 6) is -5.24. The van der Waals surface area contributed by atoms with Crippen LogP contribution >= 0.6 is 0 Å². The number of hydrogen-bond donors (Lipinski definition) is 7. The van der Waals surface area contributed by atoms with E-state index >= 15 is 0 Å². The van der Waals surface area contributed by atoms with Crippen LogP contribution in [0.4, 0.5) is 15.3 Å². The fraction of sp³-hybridized carbons (Fsp3) is 0.524. The maximum Gasteiger partial charge on any atom is 0.407 e. The number of ketones is 1. The molecule has 1 saturated carbocycles. The van der Waals surface area contributed by atoms with Gasteiger partial charge in [-0.3, -0.25) is 28.8 Å². The molecule has 320 valence electrons. The van der Waals surface area contributed by atoms with Crippen LogP contribution in [-0.4, -0.2) is 96.2 Å². The molecule has 4 rings (SSSR count). The first-order chi connectivity index (χ1) is 28.2. The number of urea groups is 1. The van der Waals surface area contributed by atoms with Crippen molar-refractivity contribution < 1.29 is 43.1 Å². The van der Waals surface area contributed by atoms with Crippen molar-refractivity contribution in [1.82, 2.24) is 31.5 Å². The molecule has 0 aromatic heterocycles. The molecule has 1 unspecified atom stereocenters. The van der Waals surface area contributed by atoms with Gasteiger partial charge in [-0.2, -0.15) is 0 Å². The average Bonchev–Trinajstić information content (AvgIpc) is 3.64. The van der Waals surface area contributed by atoms with Crippen LogP contribution in [0.3, 0.4) is 0 Å². The van der Waals surface area contributed by atoms with E-state index in [1.165, 1.54) is 4.90 Å². The number of rotatable bonds is 18. The molecule has 2 fully saturated rings. The van der Waals surface area contributed by atoms with Gasteiger partial charge in [0.2, 0.25) is 29.4 Å². The Morgan fingerprint density at radius 2 is 1.56 bits per heavy atom. The van der Waals surface area contributed by atoms with Gasteiger partial charge < -0.3 is 47.3 Å². The smallest absolute Gasteiger partial charge is 0.407 e. The van der Waals surface area contributed by atoms with Crippen LogP contribution in [-0.2, 0) is 33.5 Å².